The second-order valence-corrected chi connectivity index (χ2v) is 3.46. The second kappa shape index (κ2) is 6.10. The molecule has 1 aliphatic carbocycles. The van der Waals surface area contributed by atoms with Gasteiger partial charge in [0.15, 0.2) is 0 Å². The van der Waals surface area contributed by atoms with Crippen LogP contribution < -0.4 is 0 Å². The van der Waals surface area contributed by atoms with Crippen LogP contribution in [-0.4, -0.2) is 6.61 Å². The van der Waals surface area contributed by atoms with Crippen molar-refractivity contribution in [3.8, 4) is 0 Å². The average molecular weight is 167 g/mol. The van der Waals surface area contributed by atoms with E-state index in [1.54, 1.807) is 0 Å². The van der Waals surface area contributed by atoms with Crippen molar-refractivity contribution in [1.82, 2.24) is 0 Å². The summed E-state index contributed by atoms with van der Waals surface area (Å²) in [7, 11) is 0. The Kier molecular flexibility index (Phi) is 4.89. The van der Waals surface area contributed by atoms with Gasteiger partial charge in [0.25, 0.3) is 0 Å². The standard InChI is InChI=1S/C11H19O/c1-2-3-6-9-12-10-11-7-4-5-8-11/h4,6,9,11H,2-3,5,7-8,10H2,1H3/b9-6+. The molecular formula is C11H19O. The lowest BCUT2D eigenvalue weighted by molar-refractivity contribution is 0.197. The number of hydrogen-bond acceptors (Lipinski definition) is 1. The van der Waals surface area contributed by atoms with Gasteiger partial charge in [0.2, 0.25) is 0 Å². The zero-order chi connectivity index (χ0) is 8.65. The van der Waals surface area contributed by atoms with Gasteiger partial charge in [0.1, 0.15) is 0 Å². The number of allylic oxidation sites excluding steroid dienone is 1. The molecule has 0 spiro atoms. The van der Waals surface area contributed by atoms with Crippen molar-refractivity contribution in [2.24, 2.45) is 5.92 Å². The van der Waals surface area contributed by atoms with Crippen molar-refractivity contribution < 1.29 is 4.74 Å². The van der Waals surface area contributed by atoms with Crippen LogP contribution in [0.1, 0.15) is 39.0 Å². The molecule has 0 aliphatic heterocycles. The zero-order valence-corrected chi connectivity index (χ0v) is 7.96. The van der Waals surface area contributed by atoms with Gasteiger partial charge in [0, 0.05) is 0 Å². The molecule has 12 heavy (non-hydrogen) atoms. The molecule has 1 unspecified atom stereocenters. The van der Waals surface area contributed by atoms with Crippen LogP contribution in [0.5, 0.6) is 0 Å². The van der Waals surface area contributed by atoms with Gasteiger partial charge in [0.05, 0.1) is 12.9 Å². The predicted molar refractivity (Wildman–Crippen MR) is 51.6 cm³/mol. The summed E-state index contributed by atoms with van der Waals surface area (Å²) in [5.41, 5.74) is 0. The van der Waals surface area contributed by atoms with Gasteiger partial charge in [-0.3, -0.25) is 0 Å². The maximum Gasteiger partial charge on any atom is 0.0901 e. The molecule has 0 amide bonds. The summed E-state index contributed by atoms with van der Waals surface area (Å²) in [4.78, 5) is 0. The van der Waals surface area contributed by atoms with Crippen LogP contribution in [0.2, 0.25) is 0 Å². The van der Waals surface area contributed by atoms with Gasteiger partial charge in [-0.25, -0.2) is 0 Å². The molecule has 1 saturated carbocycles. The summed E-state index contributed by atoms with van der Waals surface area (Å²) < 4.78 is 5.42. The minimum atomic E-state index is 0.788. The van der Waals surface area contributed by atoms with Gasteiger partial charge in [-0.1, -0.05) is 13.3 Å². The fourth-order valence-electron chi connectivity index (χ4n) is 1.47. The molecule has 1 fully saturated rings. The van der Waals surface area contributed by atoms with E-state index in [0.29, 0.717) is 0 Å². The van der Waals surface area contributed by atoms with Crippen LogP contribution in [0.25, 0.3) is 0 Å². The third-order valence-electron chi connectivity index (χ3n) is 2.26. The highest BCUT2D eigenvalue weighted by atomic mass is 16.5. The molecule has 1 heteroatoms. The topological polar surface area (TPSA) is 9.23 Å². The van der Waals surface area contributed by atoms with E-state index in [4.69, 9.17) is 4.74 Å². The smallest absolute Gasteiger partial charge is 0.0901 e. The van der Waals surface area contributed by atoms with E-state index in [2.05, 4.69) is 19.4 Å². The maximum atomic E-state index is 5.42. The van der Waals surface area contributed by atoms with E-state index >= 15 is 0 Å². The molecule has 1 aliphatic rings. The van der Waals surface area contributed by atoms with Crippen LogP contribution >= 0.6 is 0 Å². The van der Waals surface area contributed by atoms with E-state index in [9.17, 15) is 0 Å². The van der Waals surface area contributed by atoms with Crippen molar-refractivity contribution >= 4 is 0 Å². The van der Waals surface area contributed by atoms with Crippen LogP contribution in [0.4, 0.5) is 0 Å². The molecule has 0 aromatic heterocycles. The zero-order valence-electron chi connectivity index (χ0n) is 7.96. The molecule has 0 bridgehead atoms. The highest BCUT2D eigenvalue weighted by molar-refractivity contribution is 4.81. The molecular weight excluding hydrogens is 148 g/mol. The summed E-state index contributed by atoms with van der Waals surface area (Å²) in [5.74, 6) is 0.788. The van der Waals surface area contributed by atoms with Gasteiger partial charge in [-0.2, -0.15) is 0 Å². The molecule has 1 atom stereocenters. The number of ether oxygens (including phenoxy) is 1. The van der Waals surface area contributed by atoms with E-state index in [1.807, 2.05) is 6.26 Å². The number of hydrogen-bond donors (Lipinski definition) is 0. The Morgan fingerprint density at radius 3 is 3.17 bits per heavy atom. The molecule has 0 aromatic carbocycles. The first-order valence-electron chi connectivity index (χ1n) is 5.01. The molecule has 0 heterocycles. The third-order valence-corrected chi connectivity index (χ3v) is 2.26. The lowest BCUT2D eigenvalue weighted by Crippen LogP contribution is -2.01. The van der Waals surface area contributed by atoms with Crippen LogP contribution in [0.15, 0.2) is 12.3 Å². The summed E-state index contributed by atoms with van der Waals surface area (Å²) in [6, 6.07) is 0. The Morgan fingerprint density at radius 2 is 2.50 bits per heavy atom. The van der Waals surface area contributed by atoms with E-state index in [0.717, 1.165) is 18.9 Å². The van der Waals surface area contributed by atoms with Crippen molar-refractivity contribution in [1.29, 1.82) is 0 Å². The maximum absolute atomic E-state index is 5.42. The van der Waals surface area contributed by atoms with E-state index in [-0.39, 0.29) is 0 Å². The van der Waals surface area contributed by atoms with Gasteiger partial charge < -0.3 is 4.74 Å². The Balaban J connectivity index is 1.94. The molecule has 0 saturated heterocycles. The molecule has 0 N–H and O–H groups in total. The largest absolute Gasteiger partial charge is 0.501 e. The van der Waals surface area contributed by atoms with E-state index < -0.39 is 0 Å². The van der Waals surface area contributed by atoms with Crippen LogP contribution in [0.3, 0.4) is 0 Å². The van der Waals surface area contributed by atoms with Crippen molar-refractivity contribution in [2.45, 2.75) is 39.0 Å². The molecule has 69 valence electrons. The lowest BCUT2D eigenvalue weighted by Gasteiger charge is -2.06. The monoisotopic (exact) mass is 167 g/mol. The first kappa shape index (κ1) is 9.63. The third kappa shape index (κ3) is 3.80. The number of unbranched alkanes of at least 4 members (excludes halogenated alkanes) is 1. The highest BCUT2D eigenvalue weighted by Crippen LogP contribution is 2.23. The Bertz CT molecular complexity index is 123. The predicted octanol–water partition coefficient (Wildman–Crippen LogP) is 3.32. The first-order valence-corrected chi connectivity index (χ1v) is 5.01. The quantitative estimate of drug-likeness (QED) is 0.571. The summed E-state index contributed by atoms with van der Waals surface area (Å²) >= 11 is 0. The number of rotatable bonds is 5. The summed E-state index contributed by atoms with van der Waals surface area (Å²) in [5, 5.41) is 0. The van der Waals surface area contributed by atoms with Gasteiger partial charge in [-0.05, 0) is 44.1 Å². The normalized spacial score (nSPS) is 19.1. The van der Waals surface area contributed by atoms with Crippen LogP contribution in [0, 0.1) is 12.3 Å². The van der Waals surface area contributed by atoms with Gasteiger partial charge >= 0.3 is 0 Å². The Morgan fingerprint density at radius 1 is 1.58 bits per heavy atom. The minimum Gasteiger partial charge on any atom is -0.501 e. The van der Waals surface area contributed by atoms with Crippen molar-refractivity contribution in [2.75, 3.05) is 6.61 Å². The minimum absolute atomic E-state index is 0.788. The fourth-order valence-corrected chi connectivity index (χ4v) is 1.47. The Labute approximate surface area is 75.8 Å². The summed E-state index contributed by atoms with van der Waals surface area (Å²) in [6.45, 7) is 3.09. The van der Waals surface area contributed by atoms with Crippen LogP contribution in [-0.2, 0) is 4.74 Å². The van der Waals surface area contributed by atoms with E-state index in [1.165, 1.54) is 25.7 Å². The lowest BCUT2D eigenvalue weighted by atomic mass is 10.1. The van der Waals surface area contributed by atoms with Crippen molar-refractivity contribution in [3.63, 3.8) is 0 Å². The molecule has 1 rings (SSSR count). The fraction of sp³-hybridized carbons (Fsp3) is 0.727. The molecule has 1 nitrogen and oxygen atoms in total. The van der Waals surface area contributed by atoms with Gasteiger partial charge in [-0.15, -0.1) is 0 Å². The van der Waals surface area contributed by atoms with Crippen molar-refractivity contribution in [3.05, 3.63) is 18.8 Å². The summed E-state index contributed by atoms with van der Waals surface area (Å²) in [6.07, 6.45) is 12.5. The average Bonchev–Trinajstić information content (AvgIpc) is 2.57. The first-order chi connectivity index (χ1) is 5.93. The molecule has 1 radical (unpaired) electrons. The second-order valence-electron chi connectivity index (χ2n) is 3.46. The Hall–Kier alpha value is -0.460. The SMILES string of the molecule is CCC/C=C/OCC1C[CH]CC1. The molecule has 0 aromatic rings. The highest BCUT2D eigenvalue weighted by Gasteiger charge is 2.14.